The highest BCUT2D eigenvalue weighted by molar-refractivity contribution is 6.01. The molecule has 0 saturated heterocycles. The van der Waals surface area contributed by atoms with E-state index in [1.165, 1.54) is 4.90 Å². The van der Waals surface area contributed by atoms with E-state index in [2.05, 4.69) is 25.6 Å². The minimum Gasteiger partial charge on any atom is -0.350 e. The van der Waals surface area contributed by atoms with Crippen LogP contribution in [0.25, 0.3) is 10.9 Å². The number of para-hydroxylation sites is 1. The van der Waals surface area contributed by atoms with E-state index < -0.39 is 30.0 Å². The fourth-order valence-corrected chi connectivity index (χ4v) is 4.23. The number of halogens is 6. The van der Waals surface area contributed by atoms with Gasteiger partial charge in [-0.15, -0.1) is 5.10 Å². The van der Waals surface area contributed by atoms with E-state index in [-0.39, 0.29) is 35.7 Å². The number of carbonyl (C=O) groups is 1. The Kier molecular flexibility index (Phi) is 7.33. The molecule has 4 aromatic rings. The molecule has 0 saturated carbocycles. The molecule has 0 bridgehead atoms. The van der Waals surface area contributed by atoms with E-state index in [1.807, 2.05) is 13.8 Å². The van der Waals surface area contributed by atoms with E-state index in [4.69, 9.17) is 0 Å². The van der Waals surface area contributed by atoms with Crippen molar-refractivity contribution in [3.8, 4) is 0 Å². The highest BCUT2D eigenvalue weighted by Crippen LogP contribution is 2.37. The van der Waals surface area contributed by atoms with Crippen LogP contribution in [-0.2, 0) is 25.4 Å². The number of hydrogen-bond donors (Lipinski definition) is 2. The molecule has 0 radical (unpaired) electrons. The van der Waals surface area contributed by atoms with Gasteiger partial charge in [0, 0.05) is 42.6 Å². The molecule has 2 N–H and O–H groups in total. The number of benzene rings is 2. The van der Waals surface area contributed by atoms with Crippen molar-refractivity contribution >= 4 is 22.8 Å². The number of carbonyl (C=O) groups excluding carboxylic acids is 1. The number of tetrazole rings is 1. The van der Waals surface area contributed by atoms with Crippen molar-refractivity contribution in [2.45, 2.75) is 39.3 Å². The molecule has 14 heteroatoms. The molecule has 0 aliphatic heterocycles. The van der Waals surface area contributed by atoms with Crippen LogP contribution in [0.1, 0.15) is 46.6 Å². The van der Waals surface area contributed by atoms with Crippen molar-refractivity contribution in [3.63, 3.8) is 0 Å². The van der Waals surface area contributed by atoms with Crippen molar-refractivity contribution in [2.75, 3.05) is 18.0 Å². The molecule has 8 nitrogen and oxygen atoms in total. The van der Waals surface area contributed by atoms with E-state index in [0.717, 1.165) is 0 Å². The minimum atomic E-state index is -4.99. The number of aromatic nitrogens is 5. The van der Waals surface area contributed by atoms with Gasteiger partial charge in [-0.25, -0.2) is 0 Å². The average Bonchev–Trinajstić information content (AvgIpc) is 3.52. The molecule has 202 valence electrons. The van der Waals surface area contributed by atoms with Gasteiger partial charge < -0.3 is 14.8 Å². The van der Waals surface area contributed by atoms with Crippen LogP contribution in [-0.4, -0.2) is 49.5 Å². The van der Waals surface area contributed by atoms with Gasteiger partial charge in [-0.05, 0) is 48.9 Å². The number of hydrogen-bond acceptors (Lipinski definition) is 5. The molecule has 0 spiro atoms. The summed E-state index contributed by atoms with van der Waals surface area (Å²) in [7, 11) is 0. The first-order chi connectivity index (χ1) is 17.9. The van der Waals surface area contributed by atoms with Crippen molar-refractivity contribution in [3.05, 3.63) is 70.4 Å². The van der Waals surface area contributed by atoms with Gasteiger partial charge in [0.2, 0.25) is 0 Å². The third-order valence-electron chi connectivity index (χ3n) is 6.07. The molecule has 4 rings (SSSR count). The third-order valence-corrected chi connectivity index (χ3v) is 6.07. The number of anilines is 1. The number of nitrogens with one attached hydrogen (secondary N) is 2. The van der Waals surface area contributed by atoms with E-state index in [9.17, 15) is 31.1 Å². The van der Waals surface area contributed by atoms with Crippen LogP contribution in [0.5, 0.6) is 0 Å². The Balaban J connectivity index is 1.81. The number of alkyl halides is 6. The maximum absolute atomic E-state index is 13.4. The number of aromatic amines is 2. The lowest BCUT2D eigenvalue weighted by molar-refractivity contribution is -0.143. The van der Waals surface area contributed by atoms with Gasteiger partial charge in [-0.1, -0.05) is 23.3 Å². The van der Waals surface area contributed by atoms with Gasteiger partial charge in [-0.3, -0.25) is 4.79 Å². The summed E-state index contributed by atoms with van der Waals surface area (Å²) >= 11 is 0. The van der Waals surface area contributed by atoms with Crippen LogP contribution in [0.3, 0.4) is 0 Å². The van der Waals surface area contributed by atoms with Crippen molar-refractivity contribution < 1.29 is 31.1 Å². The van der Waals surface area contributed by atoms with Crippen molar-refractivity contribution in [2.24, 2.45) is 0 Å². The summed E-state index contributed by atoms with van der Waals surface area (Å²) < 4.78 is 80.7. The highest BCUT2D eigenvalue weighted by Gasteiger charge is 2.37. The second kappa shape index (κ2) is 10.3. The molecule has 0 aliphatic carbocycles. The maximum atomic E-state index is 13.4. The van der Waals surface area contributed by atoms with Gasteiger partial charge in [-0.2, -0.15) is 31.6 Å². The largest absolute Gasteiger partial charge is 0.416 e. The molecule has 0 aliphatic rings. The van der Waals surface area contributed by atoms with Gasteiger partial charge >= 0.3 is 12.4 Å². The third kappa shape index (κ3) is 5.58. The van der Waals surface area contributed by atoms with Crippen molar-refractivity contribution in [1.29, 1.82) is 0 Å². The van der Waals surface area contributed by atoms with Crippen LogP contribution in [0.15, 0.2) is 42.5 Å². The number of amides is 1. The molecular weight excluding hydrogens is 516 g/mol. The van der Waals surface area contributed by atoms with Gasteiger partial charge in [0.25, 0.3) is 11.9 Å². The zero-order valence-electron chi connectivity index (χ0n) is 20.3. The Morgan fingerprint density at radius 1 is 0.921 bits per heavy atom. The highest BCUT2D eigenvalue weighted by atomic mass is 19.4. The van der Waals surface area contributed by atoms with Gasteiger partial charge in [0.15, 0.2) is 0 Å². The summed E-state index contributed by atoms with van der Waals surface area (Å²) in [5.74, 6) is -0.366. The zero-order valence-corrected chi connectivity index (χ0v) is 20.3. The molecule has 0 fully saturated rings. The molecule has 38 heavy (non-hydrogen) atoms. The molecular formula is C24H23F6N7O. The van der Waals surface area contributed by atoms with E-state index in [1.54, 1.807) is 29.2 Å². The fourth-order valence-electron chi connectivity index (χ4n) is 4.23. The topological polar surface area (TPSA) is 93.8 Å². The van der Waals surface area contributed by atoms with Crippen LogP contribution in [0.2, 0.25) is 0 Å². The first kappa shape index (κ1) is 26.9. The molecule has 1 amide bonds. The molecule has 2 aromatic heterocycles. The van der Waals surface area contributed by atoms with E-state index >= 15 is 0 Å². The van der Waals surface area contributed by atoms with Crippen molar-refractivity contribution in [1.82, 2.24) is 30.5 Å². The molecule has 0 unspecified atom stereocenters. The number of H-pyrrole nitrogens is 2. The SMILES string of the molecule is CCN(CC)C(=O)c1[nH]c2ccccc2c1CN(Cc1cc(C(F)(F)F)cc(C(F)(F)F)c1)c1nn[nH]n1. The zero-order chi connectivity index (χ0) is 27.7. The molecule has 2 aromatic carbocycles. The molecule has 2 heterocycles. The number of fused-ring (bicyclic) bond motifs is 1. The lowest BCUT2D eigenvalue weighted by atomic mass is 10.0. The number of rotatable bonds is 8. The predicted octanol–water partition coefficient (Wildman–Crippen LogP) is 5.41. The Labute approximate surface area is 212 Å². The van der Waals surface area contributed by atoms with Crippen LogP contribution in [0, 0.1) is 0 Å². The Bertz CT molecular complexity index is 1380. The minimum absolute atomic E-state index is 0.0671. The summed E-state index contributed by atoms with van der Waals surface area (Å²) in [6.45, 7) is 3.98. The summed E-state index contributed by atoms with van der Waals surface area (Å²) in [4.78, 5) is 19.4. The maximum Gasteiger partial charge on any atom is 0.416 e. The average molecular weight is 539 g/mol. The predicted molar refractivity (Wildman–Crippen MR) is 126 cm³/mol. The van der Waals surface area contributed by atoms with Gasteiger partial charge in [0.05, 0.1) is 11.1 Å². The molecule has 0 atom stereocenters. The van der Waals surface area contributed by atoms with Crippen LogP contribution < -0.4 is 4.90 Å². The first-order valence-electron chi connectivity index (χ1n) is 11.6. The van der Waals surface area contributed by atoms with Crippen LogP contribution >= 0.6 is 0 Å². The standard InChI is InChI=1S/C24H23F6N7O/c1-3-36(4-2)21(38)20-18(17-7-5-6-8-19(17)31-20)13-37(22-32-34-35-33-22)12-14-9-15(23(25,26)27)11-16(10-14)24(28,29)30/h5-11,31H,3-4,12-13H2,1-2H3,(H,32,33,34,35). The summed E-state index contributed by atoms with van der Waals surface area (Å²) in [6, 6.07) is 8.43. The summed E-state index contributed by atoms with van der Waals surface area (Å²) in [5, 5.41) is 14.2. The first-order valence-corrected chi connectivity index (χ1v) is 11.6. The summed E-state index contributed by atoms with van der Waals surface area (Å²) in [6.07, 6.45) is -9.99. The normalized spacial score (nSPS) is 12.2. The Hall–Kier alpha value is -4.10. The lowest BCUT2D eigenvalue weighted by Gasteiger charge is -2.24. The van der Waals surface area contributed by atoms with Gasteiger partial charge in [0.1, 0.15) is 5.69 Å². The fraction of sp³-hybridized carbons (Fsp3) is 0.333. The lowest BCUT2D eigenvalue weighted by Crippen LogP contribution is -2.32. The second-order valence-electron chi connectivity index (χ2n) is 8.48. The van der Waals surface area contributed by atoms with E-state index in [0.29, 0.717) is 41.7 Å². The monoisotopic (exact) mass is 539 g/mol. The number of nitrogens with zero attached hydrogens (tertiary/aromatic N) is 5. The summed E-state index contributed by atoms with van der Waals surface area (Å²) in [5.41, 5.74) is -1.74. The smallest absolute Gasteiger partial charge is 0.350 e. The Morgan fingerprint density at radius 2 is 1.55 bits per heavy atom. The quantitative estimate of drug-likeness (QED) is 0.292. The van der Waals surface area contributed by atoms with Crippen LogP contribution in [0.4, 0.5) is 32.3 Å². The second-order valence-corrected chi connectivity index (χ2v) is 8.48. The Morgan fingerprint density at radius 3 is 2.11 bits per heavy atom.